The Balaban J connectivity index is 2.78. The van der Waals surface area contributed by atoms with Crippen molar-refractivity contribution in [1.29, 1.82) is 0 Å². The molecule has 0 saturated carbocycles. The monoisotopic (exact) mass is 299 g/mol. The second-order valence-electron chi connectivity index (χ2n) is 5.87. The molecule has 20 heavy (non-hydrogen) atoms. The molecule has 1 aromatic carbocycles. The van der Waals surface area contributed by atoms with Gasteiger partial charge in [-0.05, 0) is 38.5 Å². The van der Waals surface area contributed by atoms with Crippen molar-refractivity contribution >= 4 is 23.3 Å². The standard InChI is InChI=1S/C15H22ClNO3/c1-15(2,3)20-14(19)12(16)13(18)10-6-8-11(9-7-10)17(4)5/h6-9,12-13,18H,1-5H3. The SMILES string of the molecule is CN(C)c1ccc(C(O)C(Cl)C(=O)OC(C)(C)C)cc1. The van der Waals surface area contributed by atoms with Crippen molar-refractivity contribution in [3.63, 3.8) is 0 Å². The summed E-state index contributed by atoms with van der Waals surface area (Å²) in [7, 11) is 3.85. The van der Waals surface area contributed by atoms with Crippen LogP contribution in [0.1, 0.15) is 32.4 Å². The van der Waals surface area contributed by atoms with Crippen molar-refractivity contribution in [3.8, 4) is 0 Å². The number of benzene rings is 1. The lowest BCUT2D eigenvalue weighted by Gasteiger charge is -2.24. The summed E-state index contributed by atoms with van der Waals surface area (Å²) in [6.45, 7) is 5.27. The number of nitrogens with zero attached hydrogens (tertiary/aromatic N) is 1. The molecule has 0 radical (unpaired) electrons. The number of esters is 1. The number of hydrogen-bond acceptors (Lipinski definition) is 4. The van der Waals surface area contributed by atoms with E-state index in [2.05, 4.69) is 0 Å². The van der Waals surface area contributed by atoms with E-state index in [9.17, 15) is 9.90 Å². The van der Waals surface area contributed by atoms with Crippen LogP contribution in [0.3, 0.4) is 0 Å². The first-order valence-corrected chi connectivity index (χ1v) is 6.88. The van der Waals surface area contributed by atoms with Crippen molar-refractivity contribution in [2.45, 2.75) is 37.9 Å². The highest BCUT2D eigenvalue weighted by Crippen LogP contribution is 2.25. The fourth-order valence-electron chi connectivity index (χ4n) is 1.63. The molecule has 2 unspecified atom stereocenters. The van der Waals surface area contributed by atoms with Crippen LogP contribution in [0, 0.1) is 0 Å². The number of anilines is 1. The zero-order valence-electron chi connectivity index (χ0n) is 12.6. The van der Waals surface area contributed by atoms with E-state index in [-0.39, 0.29) is 0 Å². The molecular formula is C15H22ClNO3. The number of alkyl halides is 1. The Morgan fingerprint density at radius 2 is 1.75 bits per heavy atom. The molecule has 4 nitrogen and oxygen atoms in total. The first-order valence-electron chi connectivity index (χ1n) is 6.44. The van der Waals surface area contributed by atoms with Gasteiger partial charge in [0.25, 0.3) is 0 Å². The van der Waals surface area contributed by atoms with Crippen LogP contribution < -0.4 is 4.90 Å². The summed E-state index contributed by atoms with van der Waals surface area (Å²) >= 11 is 5.99. The van der Waals surface area contributed by atoms with Crippen LogP contribution in [0.5, 0.6) is 0 Å². The van der Waals surface area contributed by atoms with Gasteiger partial charge in [-0.25, -0.2) is 0 Å². The van der Waals surface area contributed by atoms with E-state index < -0.39 is 23.1 Å². The summed E-state index contributed by atoms with van der Waals surface area (Å²) in [5.74, 6) is -0.622. The summed E-state index contributed by atoms with van der Waals surface area (Å²) in [4.78, 5) is 13.8. The van der Waals surface area contributed by atoms with Crippen LogP contribution in [0.2, 0.25) is 0 Å². The third kappa shape index (κ3) is 4.69. The van der Waals surface area contributed by atoms with Crippen LogP contribution in [0.4, 0.5) is 5.69 Å². The van der Waals surface area contributed by atoms with Gasteiger partial charge in [0.1, 0.15) is 11.7 Å². The zero-order valence-corrected chi connectivity index (χ0v) is 13.3. The molecule has 0 amide bonds. The van der Waals surface area contributed by atoms with E-state index >= 15 is 0 Å². The number of aliphatic hydroxyl groups is 1. The Bertz CT molecular complexity index is 451. The Kier molecular flexibility index (Phi) is 5.42. The molecule has 0 saturated heterocycles. The normalized spacial score (nSPS) is 14.6. The maximum Gasteiger partial charge on any atom is 0.327 e. The summed E-state index contributed by atoms with van der Waals surface area (Å²) in [5, 5.41) is 9.01. The summed E-state index contributed by atoms with van der Waals surface area (Å²) in [5.41, 5.74) is 0.962. The minimum atomic E-state index is -1.13. The second kappa shape index (κ2) is 6.46. The van der Waals surface area contributed by atoms with Gasteiger partial charge in [-0.15, -0.1) is 11.6 Å². The van der Waals surface area contributed by atoms with E-state index in [0.29, 0.717) is 5.56 Å². The van der Waals surface area contributed by atoms with E-state index in [1.54, 1.807) is 32.9 Å². The minimum Gasteiger partial charge on any atom is -0.459 e. The lowest BCUT2D eigenvalue weighted by atomic mass is 10.1. The van der Waals surface area contributed by atoms with Crippen molar-refractivity contribution < 1.29 is 14.6 Å². The van der Waals surface area contributed by atoms with Crippen LogP contribution in [0.25, 0.3) is 0 Å². The molecule has 2 atom stereocenters. The highest BCUT2D eigenvalue weighted by atomic mass is 35.5. The first kappa shape index (κ1) is 16.8. The summed E-state index contributed by atoms with van der Waals surface area (Å²) in [6, 6.07) is 7.22. The quantitative estimate of drug-likeness (QED) is 0.686. The van der Waals surface area contributed by atoms with Crippen LogP contribution >= 0.6 is 11.6 Å². The number of halogens is 1. The largest absolute Gasteiger partial charge is 0.459 e. The summed E-state index contributed by atoms with van der Waals surface area (Å²) in [6.07, 6.45) is -1.09. The average molecular weight is 300 g/mol. The number of carbonyl (C=O) groups is 1. The van der Waals surface area contributed by atoms with E-state index in [0.717, 1.165) is 5.69 Å². The fraction of sp³-hybridized carbons (Fsp3) is 0.533. The van der Waals surface area contributed by atoms with Gasteiger partial charge >= 0.3 is 5.97 Å². The van der Waals surface area contributed by atoms with Crippen LogP contribution in [-0.2, 0) is 9.53 Å². The Labute approximate surface area is 125 Å². The summed E-state index contributed by atoms with van der Waals surface area (Å²) < 4.78 is 5.16. The predicted molar refractivity (Wildman–Crippen MR) is 81.2 cm³/mol. The lowest BCUT2D eigenvalue weighted by Crippen LogP contribution is -2.32. The van der Waals surface area contributed by atoms with Gasteiger partial charge in [0.2, 0.25) is 0 Å². The third-order valence-corrected chi connectivity index (χ3v) is 3.08. The molecule has 0 spiro atoms. The predicted octanol–water partition coefficient (Wildman–Crippen LogP) is 2.74. The maximum absolute atomic E-state index is 11.8. The molecule has 0 aliphatic rings. The Hall–Kier alpha value is -1.26. The number of rotatable bonds is 4. The molecule has 0 aromatic heterocycles. The van der Waals surface area contributed by atoms with Crippen molar-refractivity contribution in [1.82, 2.24) is 0 Å². The Morgan fingerprint density at radius 1 is 1.25 bits per heavy atom. The second-order valence-corrected chi connectivity index (χ2v) is 6.34. The zero-order chi connectivity index (χ0) is 15.5. The van der Waals surface area contributed by atoms with Crippen LogP contribution in [-0.4, -0.2) is 36.1 Å². The highest BCUT2D eigenvalue weighted by Gasteiger charge is 2.30. The van der Waals surface area contributed by atoms with Crippen LogP contribution in [0.15, 0.2) is 24.3 Å². The molecule has 1 rings (SSSR count). The topological polar surface area (TPSA) is 49.8 Å². The molecule has 5 heteroatoms. The number of aliphatic hydroxyl groups excluding tert-OH is 1. The fourth-order valence-corrected chi connectivity index (χ4v) is 1.82. The number of ether oxygens (including phenoxy) is 1. The van der Waals surface area contributed by atoms with Crippen molar-refractivity contribution in [2.75, 3.05) is 19.0 Å². The molecule has 0 aliphatic heterocycles. The molecule has 1 N–H and O–H groups in total. The van der Waals surface area contributed by atoms with Gasteiger partial charge in [-0.3, -0.25) is 4.79 Å². The highest BCUT2D eigenvalue weighted by molar-refractivity contribution is 6.30. The third-order valence-electron chi connectivity index (χ3n) is 2.66. The maximum atomic E-state index is 11.8. The minimum absolute atomic E-state index is 0.585. The molecule has 0 heterocycles. The molecule has 0 fully saturated rings. The van der Waals surface area contributed by atoms with Gasteiger partial charge in [0.05, 0.1) is 0 Å². The molecular weight excluding hydrogens is 278 g/mol. The van der Waals surface area contributed by atoms with E-state index in [1.807, 2.05) is 31.1 Å². The molecule has 112 valence electrons. The van der Waals surface area contributed by atoms with Gasteiger partial charge < -0.3 is 14.7 Å². The lowest BCUT2D eigenvalue weighted by molar-refractivity contribution is -0.156. The first-order chi connectivity index (χ1) is 9.11. The Morgan fingerprint density at radius 3 is 2.15 bits per heavy atom. The molecule has 1 aromatic rings. The van der Waals surface area contributed by atoms with E-state index in [4.69, 9.17) is 16.3 Å². The number of carbonyl (C=O) groups excluding carboxylic acids is 1. The van der Waals surface area contributed by atoms with Crippen molar-refractivity contribution in [3.05, 3.63) is 29.8 Å². The van der Waals surface area contributed by atoms with E-state index in [1.165, 1.54) is 0 Å². The smallest absolute Gasteiger partial charge is 0.327 e. The van der Waals surface area contributed by atoms with Crippen molar-refractivity contribution in [2.24, 2.45) is 0 Å². The van der Waals surface area contributed by atoms with Gasteiger partial charge in [0, 0.05) is 19.8 Å². The number of hydrogen-bond donors (Lipinski definition) is 1. The molecule has 0 aliphatic carbocycles. The average Bonchev–Trinajstić information content (AvgIpc) is 2.35. The van der Waals surface area contributed by atoms with Gasteiger partial charge in [-0.1, -0.05) is 12.1 Å². The van der Waals surface area contributed by atoms with Gasteiger partial charge in [-0.2, -0.15) is 0 Å². The van der Waals surface area contributed by atoms with Gasteiger partial charge in [0.15, 0.2) is 5.38 Å². The molecule has 0 bridgehead atoms.